The van der Waals surface area contributed by atoms with Crippen molar-refractivity contribution in [3.8, 4) is 0 Å². The van der Waals surface area contributed by atoms with Crippen LogP contribution >= 0.6 is 0 Å². The van der Waals surface area contributed by atoms with E-state index in [9.17, 15) is 13.2 Å². The maximum Gasteiger partial charge on any atom is 0.279 e. The van der Waals surface area contributed by atoms with Gasteiger partial charge in [0.2, 0.25) is 0 Å². The first kappa shape index (κ1) is 11.0. The van der Waals surface area contributed by atoms with Gasteiger partial charge in [-0.3, -0.25) is 4.79 Å². The maximum absolute atomic E-state index is 11.7. The Morgan fingerprint density at radius 3 is 2.87 bits per heavy atom. The van der Waals surface area contributed by atoms with Crippen LogP contribution in [-0.4, -0.2) is 51.4 Å². The normalized spacial score (nSPS) is 30.8. The molecule has 2 rings (SSSR count). The molecule has 1 atom stereocenters. The van der Waals surface area contributed by atoms with E-state index in [1.165, 1.54) is 4.31 Å². The van der Waals surface area contributed by atoms with E-state index in [0.29, 0.717) is 32.7 Å². The van der Waals surface area contributed by atoms with Crippen LogP contribution in [0.1, 0.15) is 6.42 Å². The molecule has 1 N–H and O–H groups in total. The van der Waals surface area contributed by atoms with Crippen molar-refractivity contribution in [3.63, 3.8) is 0 Å². The lowest BCUT2D eigenvalue weighted by molar-refractivity contribution is -0.122. The van der Waals surface area contributed by atoms with E-state index in [1.54, 1.807) is 0 Å². The van der Waals surface area contributed by atoms with Crippen LogP contribution in [0.4, 0.5) is 0 Å². The summed E-state index contributed by atoms with van der Waals surface area (Å²) in [6, 6.07) is 0. The molecule has 2 heterocycles. The largest absolute Gasteiger partial charge is 0.381 e. The van der Waals surface area contributed by atoms with Gasteiger partial charge in [-0.2, -0.15) is 12.7 Å². The fraction of sp³-hybridized carbons (Fsp3) is 0.875. The maximum atomic E-state index is 11.7. The zero-order chi connectivity index (χ0) is 10.9. The highest BCUT2D eigenvalue weighted by molar-refractivity contribution is 7.87. The fourth-order valence-electron chi connectivity index (χ4n) is 1.77. The molecule has 7 heteroatoms. The first-order valence-corrected chi connectivity index (χ1v) is 6.39. The van der Waals surface area contributed by atoms with Crippen molar-refractivity contribution in [2.75, 3.05) is 32.8 Å². The molecule has 0 aromatic heterocycles. The predicted octanol–water partition coefficient (Wildman–Crippen LogP) is -1.26. The molecule has 1 unspecified atom stereocenters. The number of carbonyl (C=O) groups is 1. The fourth-order valence-corrected chi connectivity index (χ4v) is 2.93. The monoisotopic (exact) mass is 234 g/mol. The molecule has 2 saturated heterocycles. The van der Waals surface area contributed by atoms with Crippen molar-refractivity contribution in [3.05, 3.63) is 0 Å². The van der Waals surface area contributed by atoms with Gasteiger partial charge in [0, 0.05) is 25.6 Å². The molecule has 0 spiro atoms. The third-order valence-electron chi connectivity index (χ3n) is 2.70. The van der Waals surface area contributed by atoms with Gasteiger partial charge in [0.15, 0.2) is 5.78 Å². The average molecular weight is 234 g/mol. The topological polar surface area (TPSA) is 75.7 Å². The summed E-state index contributed by atoms with van der Waals surface area (Å²) in [5.41, 5.74) is 0. The van der Waals surface area contributed by atoms with Gasteiger partial charge in [-0.1, -0.05) is 0 Å². The molecule has 0 aromatic rings. The number of hydrogen-bond acceptors (Lipinski definition) is 4. The van der Waals surface area contributed by atoms with Gasteiger partial charge in [0.1, 0.15) is 0 Å². The van der Waals surface area contributed by atoms with E-state index in [2.05, 4.69) is 4.72 Å². The van der Waals surface area contributed by atoms with E-state index in [4.69, 9.17) is 4.74 Å². The summed E-state index contributed by atoms with van der Waals surface area (Å²) in [6.45, 7) is 1.77. The highest BCUT2D eigenvalue weighted by atomic mass is 32.2. The second-order valence-corrected chi connectivity index (χ2v) is 5.51. The van der Waals surface area contributed by atoms with Crippen LogP contribution in [0.3, 0.4) is 0 Å². The van der Waals surface area contributed by atoms with Crippen LogP contribution in [0.25, 0.3) is 0 Å². The highest BCUT2D eigenvalue weighted by Crippen LogP contribution is 2.15. The first-order chi connectivity index (χ1) is 7.09. The number of nitrogens with one attached hydrogen (secondary N) is 1. The average Bonchev–Trinajstić information content (AvgIpc) is 2.76. The molecule has 2 aliphatic heterocycles. The summed E-state index contributed by atoms with van der Waals surface area (Å²) in [6.07, 6.45) is 0.708. The van der Waals surface area contributed by atoms with Crippen molar-refractivity contribution < 1.29 is 17.9 Å². The lowest BCUT2D eigenvalue weighted by Gasteiger charge is -2.14. The lowest BCUT2D eigenvalue weighted by Crippen LogP contribution is -2.36. The molecule has 0 saturated carbocycles. The molecule has 0 radical (unpaired) electrons. The van der Waals surface area contributed by atoms with Crippen LogP contribution in [-0.2, 0) is 19.7 Å². The Balaban J connectivity index is 1.94. The molecule has 0 bridgehead atoms. The minimum atomic E-state index is -3.39. The van der Waals surface area contributed by atoms with Crippen LogP contribution in [0.2, 0.25) is 0 Å². The predicted molar refractivity (Wildman–Crippen MR) is 52.4 cm³/mol. The quantitative estimate of drug-likeness (QED) is 0.661. The van der Waals surface area contributed by atoms with Gasteiger partial charge in [-0.05, 0) is 6.42 Å². The van der Waals surface area contributed by atoms with Gasteiger partial charge < -0.3 is 4.74 Å². The van der Waals surface area contributed by atoms with Crippen molar-refractivity contribution in [1.29, 1.82) is 0 Å². The minimum Gasteiger partial charge on any atom is -0.381 e. The molecule has 0 aromatic carbocycles. The summed E-state index contributed by atoms with van der Waals surface area (Å²) < 4.78 is 31.3. The van der Waals surface area contributed by atoms with E-state index in [1.807, 2.05) is 0 Å². The summed E-state index contributed by atoms with van der Waals surface area (Å²) in [4.78, 5) is 11.7. The highest BCUT2D eigenvalue weighted by Gasteiger charge is 2.32. The number of carbonyl (C=O) groups excluding carboxylic acids is 1. The minimum absolute atomic E-state index is 0.0244. The molecular weight excluding hydrogens is 220 g/mol. The van der Waals surface area contributed by atoms with E-state index in [-0.39, 0.29) is 18.2 Å². The molecule has 86 valence electrons. The summed E-state index contributed by atoms with van der Waals surface area (Å²) in [5, 5.41) is 0. The van der Waals surface area contributed by atoms with E-state index in [0.717, 1.165) is 0 Å². The second-order valence-electron chi connectivity index (χ2n) is 3.76. The number of Topliss-reactive ketones (excluding diaryl/α,β-unsaturated/α-hetero) is 1. The molecule has 0 amide bonds. The Morgan fingerprint density at radius 1 is 1.53 bits per heavy atom. The zero-order valence-electron chi connectivity index (χ0n) is 8.31. The van der Waals surface area contributed by atoms with Gasteiger partial charge in [-0.15, -0.1) is 0 Å². The van der Waals surface area contributed by atoms with E-state index >= 15 is 0 Å². The Kier molecular flexibility index (Phi) is 3.06. The smallest absolute Gasteiger partial charge is 0.279 e. The Hall–Kier alpha value is -0.500. The second kappa shape index (κ2) is 4.17. The Morgan fingerprint density at radius 2 is 2.33 bits per heavy atom. The van der Waals surface area contributed by atoms with Crippen LogP contribution in [0.5, 0.6) is 0 Å². The number of nitrogens with zero attached hydrogens (tertiary/aromatic N) is 1. The summed E-state index contributed by atoms with van der Waals surface area (Å²) in [5.74, 6) is -0.166. The van der Waals surface area contributed by atoms with Crippen LogP contribution in [0, 0.1) is 5.92 Å². The van der Waals surface area contributed by atoms with Crippen LogP contribution in [0.15, 0.2) is 0 Å². The molecule has 15 heavy (non-hydrogen) atoms. The Bertz CT molecular complexity index is 348. The van der Waals surface area contributed by atoms with Gasteiger partial charge in [0.25, 0.3) is 10.2 Å². The third kappa shape index (κ3) is 2.36. The number of hydrogen-bond donors (Lipinski definition) is 1. The molecule has 6 nitrogen and oxygen atoms in total. The first-order valence-electron chi connectivity index (χ1n) is 4.95. The number of ketones is 1. The van der Waals surface area contributed by atoms with Crippen molar-refractivity contribution in [2.45, 2.75) is 6.42 Å². The molecule has 2 aliphatic rings. The zero-order valence-corrected chi connectivity index (χ0v) is 9.12. The number of rotatable bonds is 3. The summed E-state index contributed by atoms with van der Waals surface area (Å²) >= 11 is 0. The third-order valence-corrected chi connectivity index (χ3v) is 4.26. The molecular formula is C8H14N2O4S. The molecule has 2 fully saturated rings. The Labute approximate surface area is 88.8 Å². The lowest BCUT2D eigenvalue weighted by atomic mass is 10.0. The van der Waals surface area contributed by atoms with Crippen molar-refractivity contribution >= 4 is 16.0 Å². The van der Waals surface area contributed by atoms with Gasteiger partial charge in [0.05, 0.1) is 13.2 Å². The number of ether oxygens (including phenoxy) is 1. The van der Waals surface area contributed by atoms with Crippen molar-refractivity contribution in [1.82, 2.24) is 9.03 Å². The summed E-state index contributed by atoms with van der Waals surface area (Å²) in [7, 11) is -3.39. The van der Waals surface area contributed by atoms with E-state index < -0.39 is 10.2 Å². The van der Waals surface area contributed by atoms with Gasteiger partial charge in [-0.25, -0.2) is 4.72 Å². The SMILES string of the molecule is O=C(CN1CCNS1(=O)=O)C1CCOC1. The van der Waals surface area contributed by atoms with Gasteiger partial charge >= 0.3 is 0 Å². The van der Waals surface area contributed by atoms with Crippen LogP contribution < -0.4 is 4.72 Å². The standard InChI is InChI=1S/C8H14N2O4S/c11-8(7-1-4-14-6-7)5-10-3-2-9-15(10,12)13/h7,9H,1-6H2. The van der Waals surface area contributed by atoms with Crippen molar-refractivity contribution in [2.24, 2.45) is 5.92 Å². The molecule has 0 aliphatic carbocycles.